The third-order valence-corrected chi connectivity index (χ3v) is 8.01. The van der Waals surface area contributed by atoms with Crippen LogP contribution in [0.4, 0.5) is 5.00 Å². The largest absolute Gasteiger partial charge is 0.317 e. The molecule has 1 aliphatic heterocycles. The lowest BCUT2D eigenvalue weighted by Gasteiger charge is -2.25. The van der Waals surface area contributed by atoms with Crippen molar-refractivity contribution in [3.05, 3.63) is 70.6 Å². The molecule has 7 heteroatoms. The smallest absolute Gasteiger partial charge is 0.225 e. The molecule has 0 atom stereocenters. The van der Waals surface area contributed by atoms with Gasteiger partial charge in [0.1, 0.15) is 10.0 Å². The zero-order chi connectivity index (χ0) is 21.2. The number of nitrogens with zero attached hydrogens (tertiary/aromatic N) is 2. The molecule has 4 aromatic rings. The number of rotatable bonds is 6. The van der Waals surface area contributed by atoms with Crippen LogP contribution in [0.15, 0.2) is 54.6 Å². The van der Waals surface area contributed by atoms with E-state index in [1.54, 1.807) is 22.7 Å². The molecule has 0 saturated carbocycles. The molecule has 0 fully saturated rings. The van der Waals surface area contributed by atoms with Gasteiger partial charge in [0.2, 0.25) is 5.91 Å². The topological polar surface area (TPSA) is 45.2 Å². The van der Waals surface area contributed by atoms with Crippen LogP contribution < -0.4 is 5.32 Å². The van der Waals surface area contributed by atoms with E-state index in [1.807, 2.05) is 24.3 Å². The van der Waals surface area contributed by atoms with Crippen LogP contribution in [-0.4, -0.2) is 28.9 Å². The lowest BCUT2D eigenvalue weighted by atomic mass is 10.0. The minimum absolute atomic E-state index is 0. The van der Waals surface area contributed by atoms with E-state index in [4.69, 9.17) is 4.98 Å². The summed E-state index contributed by atoms with van der Waals surface area (Å²) in [6, 6.07) is 18.4. The number of aromatic nitrogens is 1. The summed E-state index contributed by atoms with van der Waals surface area (Å²) < 4.78 is 1.18. The highest BCUT2D eigenvalue weighted by Gasteiger charge is 2.27. The molecule has 1 N–H and O–H groups in total. The summed E-state index contributed by atoms with van der Waals surface area (Å²) in [4.78, 5) is 21.6. The predicted octanol–water partition coefficient (Wildman–Crippen LogP) is 6.40. The molecular formula is C25H26ClN3OS2. The molecule has 0 bridgehead atoms. The number of amides is 1. The molecule has 5 rings (SSSR count). The lowest BCUT2D eigenvalue weighted by molar-refractivity contribution is -0.116. The molecule has 2 aromatic carbocycles. The zero-order valence-electron chi connectivity index (χ0n) is 18.0. The van der Waals surface area contributed by atoms with E-state index >= 15 is 0 Å². The Labute approximate surface area is 202 Å². The number of halogens is 1. The molecular weight excluding hydrogens is 458 g/mol. The van der Waals surface area contributed by atoms with E-state index in [2.05, 4.69) is 47.5 Å². The van der Waals surface area contributed by atoms with Gasteiger partial charge in [-0.05, 0) is 42.6 Å². The number of carbonyl (C=O) groups excluding carboxylic acids is 1. The number of nitrogens with one attached hydrogen (secondary N) is 1. The third kappa shape index (κ3) is 4.74. The molecule has 1 amide bonds. The molecule has 32 heavy (non-hydrogen) atoms. The van der Waals surface area contributed by atoms with Crippen LogP contribution in [0.2, 0.25) is 0 Å². The molecule has 0 radical (unpaired) electrons. The summed E-state index contributed by atoms with van der Waals surface area (Å²) in [6.45, 7) is 5.26. The number of thiazole rings is 1. The summed E-state index contributed by atoms with van der Waals surface area (Å²) in [5, 5.41) is 5.22. The average molecular weight is 484 g/mol. The summed E-state index contributed by atoms with van der Waals surface area (Å²) in [7, 11) is 0. The van der Waals surface area contributed by atoms with Crippen LogP contribution in [0, 0.1) is 0 Å². The number of anilines is 1. The van der Waals surface area contributed by atoms with E-state index in [9.17, 15) is 4.79 Å². The van der Waals surface area contributed by atoms with Crippen LogP contribution in [0.5, 0.6) is 0 Å². The summed E-state index contributed by atoms with van der Waals surface area (Å²) in [6.07, 6.45) is 2.23. The number of para-hydroxylation sites is 1. The molecule has 0 saturated heterocycles. The van der Waals surface area contributed by atoms with Gasteiger partial charge in [-0.1, -0.05) is 49.4 Å². The van der Waals surface area contributed by atoms with Gasteiger partial charge in [-0.2, -0.15) is 0 Å². The van der Waals surface area contributed by atoms with E-state index < -0.39 is 0 Å². The first-order chi connectivity index (χ1) is 15.2. The third-order valence-electron chi connectivity index (χ3n) is 5.83. The second-order valence-corrected chi connectivity index (χ2v) is 9.98. The SMILES string of the molecule is CCN1CCc2c(sc(NC(=O)CCc3ccccc3)c2-c2nc3ccccc3s2)C1.Cl. The predicted molar refractivity (Wildman–Crippen MR) is 138 cm³/mol. The van der Waals surface area contributed by atoms with E-state index in [1.165, 1.54) is 20.7 Å². The fourth-order valence-corrected chi connectivity index (χ4v) is 6.53. The Morgan fingerprint density at radius 2 is 1.88 bits per heavy atom. The standard InChI is InChI=1S/C25H25N3OS2.ClH/c1-2-28-15-14-18-21(16-28)31-25(27-22(29)13-12-17-8-4-3-5-9-17)23(18)24-26-19-10-6-7-11-20(19)30-24;/h3-11H,2,12-16H2,1H3,(H,27,29);1H. The van der Waals surface area contributed by atoms with Gasteiger partial charge in [-0.25, -0.2) is 4.98 Å². The highest BCUT2D eigenvalue weighted by molar-refractivity contribution is 7.22. The molecule has 2 aromatic heterocycles. The van der Waals surface area contributed by atoms with Gasteiger partial charge >= 0.3 is 0 Å². The number of fused-ring (bicyclic) bond motifs is 2. The van der Waals surface area contributed by atoms with Gasteiger partial charge in [-0.15, -0.1) is 35.1 Å². The number of carbonyl (C=O) groups is 1. The van der Waals surface area contributed by atoms with Crippen molar-refractivity contribution in [3.8, 4) is 10.6 Å². The van der Waals surface area contributed by atoms with E-state index in [-0.39, 0.29) is 18.3 Å². The molecule has 3 heterocycles. The maximum absolute atomic E-state index is 12.8. The fraction of sp³-hybridized carbons (Fsp3) is 0.280. The van der Waals surface area contributed by atoms with Crippen molar-refractivity contribution in [2.45, 2.75) is 32.7 Å². The highest BCUT2D eigenvalue weighted by Crippen LogP contribution is 2.45. The molecule has 0 unspecified atom stereocenters. The van der Waals surface area contributed by atoms with Gasteiger partial charge in [0.15, 0.2) is 0 Å². The summed E-state index contributed by atoms with van der Waals surface area (Å²) >= 11 is 3.45. The molecule has 0 spiro atoms. The van der Waals surface area contributed by atoms with Gasteiger partial charge in [0.25, 0.3) is 0 Å². The minimum atomic E-state index is 0. The summed E-state index contributed by atoms with van der Waals surface area (Å²) in [5.74, 6) is 0.0668. The van der Waals surface area contributed by atoms with Crippen LogP contribution in [0.3, 0.4) is 0 Å². The zero-order valence-corrected chi connectivity index (χ0v) is 20.4. The molecule has 1 aliphatic rings. The second kappa shape index (κ2) is 10.1. The Morgan fingerprint density at radius 3 is 2.66 bits per heavy atom. The number of hydrogen-bond donors (Lipinski definition) is 1. The van der Waals surface area contributed by atoms with Crippen LogP contribution in [-0.2, 0) is 24.2 Å². The lowest BCUT2D eigenvalue weighted by Crippen LogP contribution is -2.29. The number of benzene rings is 2. The van der Waals surface area contributed by atoms with Crippen molar-refractivity contribution in [1.82, 2.24) is 9.88 Å². The molecule has 166 valence electrons. The minimum Gasteiger partial charge on any atom is -0.317 e. The van der Waals surface area contributed by atoms with Crippen molar-refractivity contribution in [1.29, 1.82) is 0 Å². The average Bonchev–Trinajstić information content (AvgIpc) is 3.38. The van der Waals surface area contributed by atoms with Crippen LogP contribution >= 0.6 is 35.1 Å². The van der Waals surface area contributed by atoms with Crippen molar-refractivity contribution in [2.75, 3.05) is 18.4 Å². The first-order valence-corrected chi connectivity index (χ1v) is 12.4. The molecule has 4 nitrogen and oxygen atoms in total. The van der Waals surface area contributed by atoms with Gasteiger partial charge in [0.05, 0.1) is 10.2 Å². The van der Waals surface area contributed by atoms with Gasteiger partial charge < -0.3 is 5.32 Å². The van der Waals surface area contributed by atoms with Crippen molar-refractivity contribution >= 4 is 56.2 Å². The highest BCUT2D eigenvalue weighted by atomic mass is 35.5. The van der Waals surface area contributed by atoms with Crippen LogP contribution in [0.25, 0.3) is 20.8 Å². The Kier molecular flexibility index (Phi) is 7.26. The second-order valence-electron chi connectivity index (χ2n) is 7.85. The number of thiophene rings is 1. The van der Waals surface area contributed by atoms with E-state index in [0.29, 0.717) is 6.42 Å². The molecule has 0 aliphatic carbocycles. The maximum atomic E-state index is 12.8. The monoisotopic (exact) mass is 483 g/mol. The van der Waals surface area contributed by atoms with Gasteiger partial charge in [0, 0.05) is 30.0 Å². The summed E-state index contributed by atoms with van der Waals surface area (Å²) in [5.41, 5.74) is 4.72. The normalized spacial score (nSPS) is 13.5. The Bertz CT molecular complexity index is 1190. The van der Waals surface area contributed by atoms with Crippen molar-refractivity contribution < 1.29 is 4.79 Å². The first kappa shape index (κ1) is 22.9. The Balaban J connectivity index is 0.00000245. The van der Waals surface area contributed by atoms with Gasteiger partial charge in [-0.3, -0.25) is 9.69 Å². The van der Waals surface area contributed by atoms with Crippen LogP contribution in [0.1, 0.15) is 29.3 Å². The first-order valence-electron chi connectivity index (χ1n) is 10.8. The van der Waals surface area contributed by atoms with E-state index in [0.717, 1.165) is 53.6 Å². The number of aryl methyl sites for hydroxylation is 1. The van der Waals surface area contributed by atoms with Crippen molar-refractivity contribution in [2.24, 2.45) is 0 Å². The Hall–Kier alpha value is -2.25. The number of likely N-dealkylation sites (N-methyl/N-ethyl adjacent to an activating group) is 1. The maximum Gasteiger partial charge on any atom is 0.225 e. The fourth-order valence-electron chi connectivity index (χ4n) is 4.11. The van der Waals surface area contributed by atoms with Crippen molar-refractivity contribution in [3.63, 3.8) is 0 Å². The number of hydrogen-bond acceptors (Lipinski definition) is 5. The Morgan fingerprint density at radius 1 is 1.09 bits per heavy atom. The quantitative estimate of drug-likeness (QED) is 0.345.